The zero-order chi connectivity index (χ0) is 13.4. The van der Waals surface area contributed by atoms with Gasteiger partial charge in [0.2, 0.25) is 0 Å². The van der Waals surface area contributed by atoms with Gasteiger partial charge < -0.3 is 10.6 Å². The summed E-state index contributed by atoms with van der Waals surface area (Å²) in [7, 11) is 0. The first-order chi connectivity index (χ1) is 9.15. The van der Waals surface area contributed by atoms with Crippen molar-refractivity contribution in [2.24, 2.45) is 0 Å². The van der Waals surface area contributed by atoms with Crippen LogP contribution in [0.3, 0.4) is 0 Å². The van der Waals surface area contributed by atoms with Crippen molar-refractivity contribution < 1.29 is 4.39 Å². The molecule has 2 aromatic rings. The number of hydrogen-bond acceptors (Lipinski definition) is 3. The number of fused-ring (bicyclic) bond motifs is 1. The van der Waals surface area contributed by atoms with Gasteiger partial charge in [0, 0.05) is 19.3 Å². The lowest BCUT2D eigenvalue weighted by Gasteiger charge is -2.31. The average Bonchev–Trinajstić information content (AvgIpc) is 2.40. The van der Waals surface area contributed by atoms with Gasteiger partial charge in [-0.25, -0.2) is 4.39 Å². The normalized spacial score (nSPS) is 14.3. The quantitative estimate of drug-likeness (QED) is 0.799. The van der Waals surface area contributed by atoms with E-state index >= 15 is 0 Å². The van der Waals surface area contributed by atoms with E-state index in [1.54, 1.807) is 18.3 Å². The third-order valence-electron chi connectivity index (χ3n) is 3.68. The molecule has 3 nitrogen and oxygen atoms in total. The molecule has 0 unspecified atom stereocenters. The molecule has 19 heavy (non-hydrogen) atoms. The summed E-state index contributed by atoms with van der Waals surface area (Å²) in [5.74, 6) is -0.315. The van der Waals surface area contributed by atoms with Crippen LogP contribution in [0, 0.1) is 12.7 Å². The van der Waals surface area contributed by atoms with E-state index in [0.29, 0.717) is 0 Å². The number of nitrogens with zero attached hydrogens (tertiary/aromatic N) is 2. The first-order valence-corrected chi connectivity index (χ1v) is 6.37. The minimum absolute atomic E-state index is 0.225. The zero-order valence-electron chi connectivity index (χ0n) is 10.9. The standard InChI is InChI=1S/C15H16FN3/c1-10-2-4-18-8-15(10)19-5-3-11-6-13(16)14(17)7-12(11)9-19/h2,4,6-8H,3,5,9,17H2,1H3. The molecule has 1 aliphatic rings. The molecule has 0 saturated heterocycles. The Morgan fingerprint density at radius 2 is 2.16 bits per heavy atom. The molecule has 0 fully saturated rings. The topological polar surface area (TPSA) is 42.2 Å². The van der Waals surface area contributed by atoms with Gasteiger partial charge >= 0.3 is 0 Å². The van der Waals surface area contributed by atoms with Gasteiger partial charge in [0.25, 0.3) is 0 Å². The van der Waals surface area contributed by atoms with E-state index in [1.165, 1.54) is 5.56 Å². The molecule has 0 bridgehead atoms. The largest absolute Gasteiger partial charge is 0.396 e. The predicted octanol–water partition coefficient (Wildman–Crippen LogP) is 2.67. The Bertz CT molecular complexity index is 625. The van der Waals surface area contributed by atoms with Crippen LogP contribution >= 0.6 is 0 Å². The highest BCUT2D eigenvalue weighted by atomic mass is 19.1. The second-order valence-electron chi connectivity index (χ2n) is 4.98. The lowest BCUT2D eigenvalue weighted by atomic mass is 9.98. The van der Waals surface area contributed by atoms with Gasteiger partial charge in [0.05, 0.1) is 17.6 Å². The molecule has 1 aromatic carbocycles. The van der Waals surface area contributed by atoms with Gasteiger partial charge in [-0.1, -0.05) is 0 Å². The van der Waals surface area contributed by atoms with Crippen molar-refractivity contribution in [1.82, 2.24) is 4.98 Å². The maximum Gasteiger partial charge on any atom is 0.146 e. The Morgan fingerprint density at radius 3 is 2.95 bits per heavy atom. The minimum Gasteiger partial charge on any atom is -0.396 e. The number of hydrogen-bond donors (Lipinski definition) is 1. The van der Waals surface area contributed by atoms with Gasteiger partial charge in [-0.2, -0.15) is 0 Å². The number of aryl methyl sites for hydroxylation is 1. The second kappa shape index (κ2) is 4.53. The summed E-state index contributed by atoms with van der Waals surface area (Å²) in [6.45, 7) is 3.71. The lowest BCUT2D eigenvalue weighted by molar-refractivity contribution is 0.624. The monoisotopic (exact) mass is 257 g/mol. The number of anilines is 2. The number of benzene rings is 1. The number of aromatic nitrogens is 1. The maximum absolute atomic E-state index is 13.4. The summed E-state index contributed by atoms with van der Waals surface area (Å²) in [6, 6.07) is 5.32. The van der Waals surface area contributed by atoms with Crippen molar-refractivity contribution in [1.29, 1.82) is 0 Å². The van der Waals surface area contributed by atoms with E-state index in [4.69, 9.17) is 5.73 Å². The molecule has 4 heteroatoms. The smallest absolute Gasteiger partial charge is 0.146 e. The Kier molecular flexibility index (Phi) is 2.85. The van der Waals surface area contributed by atoms with Gasteiger partial charge in [0.1, 0.15) is 5.82 Å². The summed E-state index contributed by atoms with van der Waals surface area (Å²) in [5, 5.41) is 0. The first kappa shape index (κ1) is 12.0. The zero-order valence-corrected chi connectivity index (χ0v) is 10.9. The summed E-state index contributed by atoms with van der Waals surface area (Å²) in [4.78, 5) is 6.45. The van der Waals surface area contributed by atoms with Crippen molar-refractivity contribution in [2.75, 3.05) is 17.2 Å². The van der Waals surface area contributed by atoms with Gasteiger partial charge in [0.15, 0.2) is 0 Å². The van der Waals surface area contributed by atoms with Crippen LogP contribution in [0.5, 0.6) is 0 Å². The van der Waals surface area contributed by atoms with Crippen LogP contribution in [0.25, 0.3) is 0 Å². The number of nitrogens with two attached hydrogens (primary N) is 1. The molecule has 0 atom stereocenters. The lowest BCUT2D eigenvalue weighted by Crippen LogP contribution is -2.31. The molecule has 0 aliphatic carbocycles. The highest BCUT2D eigenvalue weighted by molar-refractivity contribution is 5.55. The van der Waals surface area contributed by atoms with Crippen molar-refractivity contribution in [2.45, 2.75) is 19.9 Å². The summed E-state index contributed by atoms with van der Waals surface area (Å²) >= 11 is 0. The molecule has 0 amide bonds. The fourth-order valence-electron chi connectivity index (χ4n) is 2.59. The number of nitrogen functional groups attached to an aromatic ring is 1. The summed E-state index contributed by atoms with van der Waals surface area (Å²) in [6.07, 6.45) is 4.51. The number of pyridine rings is 1. The molecular weight excluding hydrogens is 241 g/mol. The van der Waals surface area contributed by atoms with Crippen molar-refractivity contribution >= 4 is 11.4 Å². The number of rotatable bonds is 1. The Balaban J connectivity index is 1.94. The molecule has 0 radical (unpaired) electrons. The SMILES string of the molecule is Cc1ccncc1N1CCc2cc(F)c(N)cc2C1. The average molecular weight is 257 g/mol. The predicted molar refractivity (Wildman–Crippen MR) is 74.5 cm³/mol. The molecule has 2 N–H and O–H groups in total. The van der Waals surface area contributed by atoms with E-state index in [-0.39, 0.29) is 11.5 Å². The van der Waals surface area contributed by atoms with Gasteiger partial charge in [-0.15, -0.1) is 0 Å². The van der Waals surface area contributed by atoms with E-state index in [9.17, 15) is 4.39 Å². The van der Waals surface area contributed by atoms with Crippen molar-refractivity contribution in [3.63, 3.8) is 0 Å². The van der Waals surface area contributed by atoms with E-state index in [1.807, 2.05) is 12.3 Å². The summed E-state index contributed by atoms with van der Waals surface area (Å²) in [5.41, 5.74) is 10.4. The minimum atomic E-state index is -0.315. The fraction of sp³-hybridized carbons (Fsp3) is 0.267. The van der Waals surface area contributed by atoms with Crippen LogP contribution in [-0.4, -0.2) is 11.5 Å². The van der Waals surface area contributed by atoms with Gasteiger partial charge in [-0.05, 0) is 48.2 Å². The molecule has 0 spiro atoms. The molecule has 0 saturated carbocycles. The van der Waals surface area contributed by atoms with Crippen LogP contribution < -0.4 is 10.6 Å². The van der Waals surface area contributed by atoms with Gasteiger partial charge in [-0.3, -0.25) is 4.98 Å². The molecular formula is C15H16FN3. The number of halogens is 1. The van der Waals surface area contributed by atoms with Crippen LogP contribution in [-0.2, 0) is 13.0 Å². The van der Waals surface area contributed by atoms with E-state index < -0.39 is 0 Å². The van der Waals surface area contributed by atoms with Crippen LogP contribution in [0.4, 0.5) is 15.8 Å². The van der Waals surface area contributed by atoms with Crippen LogP contribution in [0.15, 0.2) is 30.6 Å². The Hall–Kier alpha value is -2.10. The molecule has 98 valence electrons. The second-order valence-corrected chi connectivity index (χ2v) is 4.98. The van der Waals surface area contributed by atoms with Crippen LogP contribution in [0.2, 0.25) is 0 Å². The van der Waals surface area contributed by atoms with Crippen LogP contribution in [0.1, 0.15) is 16.7 Å². The van der Waals surface area contributed by atoms with Crippen molar-refractivity contribution in [3.05, 3.63) is 53.1 Å². The van der Waals surface area contributed by atoms with E-state index in [0.717, 1.165) is 36.3 Å². The third-order valence-corrected chi connectivity index (χ3v) is 3.68. The first-order valence-electron chi connectivity index (χ1n) is 6.37. The van der Waals surface area contributed by atoms with Crippen molar-refractivity contribution in [3.8, 4) is 0 Å². The molecule has 1 aromatic heterocycles. The highest BCUT2D eigenvalue weighted by Gasteiger charge is 2.19. The molecule has 1 aliphatic heterocycles. The van der Waals surface area contributed by atoms with E-state index in [2.05, 4.69) is 16.8 Å². The molecule has 3 rings (SSSR count). The fourth-order valence-corrected chi connectivity index (χ4v) is 2.59. The Morgan fingerprint density at radius 1 is 1.32 bits per heavy atom. The summed E-state index contributed by atoms with van der Waals surface area (Å²) < 4.78 is 13.4. The third kappa shape index (κ3) is 2.14. The highest BCUT2D eigenvalue weighted by Crippen LogP contribution is 2.28. The Labute approximate surface area is 111 Å². The maximum atomic E-state index is 13.4. The molecule has 2 heterocycles.